The van der Waals surface area contributed by atoms with E-state index >= 15 is 0 Å². The molecule has 1 heterocycles. The summed E-state index contributed by atoms with van der Waals surface area (Å²) in [4.78, 5) is 2.40. The summed E-state index contributed by atoms with van der Waals surface area (Å²) in [5.74, 6) is 0.488. The highest BCUT2D eigenvalue weighted by molar-refractivity contribution is 6.33. The molecule has 1 saturated heterocycles. The third-order valence-corrected chi connectivity index (χ3v) is 3.78. The number of piperidine rings is 1. The van der Waals surface area contributed by atoms with E-state index in [-0.39, 0.29) is 0 Å². The van der Waals surface area contributed by atoms with Crippen LogP contribution in [0.4, 0.5) is 5.69 Å². The van der Waals surface area contributed by atoms with Crippen LogP contribution in [0.3, 0.4) is 0 Å². The maximum absolute atomic E-state index is 9.08. The van der Waals surface area contributed by atoms with Crippen LogP contribution in [-0.4, -0.2) is 29.7 Å². The summed E-state index contributed by atoms with van der Waals surface area (Å²) < 4.78 is 0. The minimum atomic E-state index is 0.321. The van der Waals surface area contributed by atoms with Crippen molar-refractivity contribution in [3.05, 3.63) is 28.8 Å². The second-order valence-electron chi connectivity index (χ2n) is 4.76. The van der Waals surface area contributed by atoms with Gasteiger partial charge < -0.3 is 10.8 Å². The van der Waals surface area contributed by atoms with E-state index in [9.17, 15) is 0 Å². The van der Waals surface area contributed by atoms with Gasteiger partial charge in [-0.05, 0) is 49.5 Å². The molecule has 0 amide bonds. The molecule has 3 nitrogen and oxygen atoms in total. The van der Waals surface area contributed by atoms with Crippen LogP contribution < -0.4 is 5.73 Å². The van der Waals surface area contributed by atoms with Crippen LogP contribution in [0.2, 0.25) is 5.02 Å². The Balaban J connectivity index is 1.91. The van der Waals surface area contributed by atoms with Gasteiger partial charge in [-0.25, -0.2) is 0 Å². The largest absolute Gasteiger partial charge is 0.398 e. The van der Waals surface area contributed by atoms with E-state index in [1.807, 2.05) is 18.2 Å². The molecule has 0 spiro atoms. The summed E-state index contributed by atoms with van der Waals surface area (Å²) in [7, 11) is 0. The standard InChI is InChI=1S/C13H19ClN2O/c14-12-2-1-11(7-13(12)15)8-16-5-3-10(9-17)4-6-16/h1-2,7,10,17H,3-6,8-9,15H2. The molecule has 0 saturated carbocycles. The first-order valence-electron chi connectivity index (χ1n) is 6.06. The summed E-state index contributed by atoms with van der Waals surface area (Å²) in [6.45, 7) is 3.34. The molecule has 0 unspecified atom stereocenters. The van der Waals surface area contributed by atoms with Crippen molar-refractivity contribution < 1.29 is 5.11 Å². The third kappa shape index (κ3) is 3.35. The number of nitrogens with two attached hydrogens (primary N) is 1. The predicted molar refractivity (Wildman–Crippen MR) is 71.0 cm³/mol. The van der Waals surface area contributed by atoms with E-state index < -0.39 is 0 Å². The van der Waals surface area contributed by atoms with Gasteiger partial charge in [0.25, 0.3) is 0 Å². The van der Waals surface area contributed by atoms with Gasteiger partial charge in [0.15, 0.2) is 0 Å². The van der Waals surface area contributed by atoms with Crippen LogP contribution in [-0.2, 0) is 6.54 Å². The minimum absolute atomic E-state index is 0.321. The highest BCUT2D eigenvalue weighted by atomic mass is 35.5. The van der Waals surface area contributed by atoms with E-state index in [0.29, 0.717) is 23.2 Å². The Morgan fingerprint density at radius 3 is 2.65 bits per heavy atom. The molecule has 17 heavy (non-hydrogen) atoms. The Bertz CT molecular complexity index is 376. The van der Waals surface area contributed by atoms with E-state index in [1.165, 1.54) is 5.56 Å². The van der Waals surface area contributed by atoms with Crippen LogP contribution in [0.1, 0.15) is 18.4 Å². The van der Waals surface area contributed by atoms with Gasteiger partial charge in [-0.1, -0.05) is 17.7 Å². The van der Waals surface area contributed by atoms with Crippen molar-refractivity contribution in [2.45, 2.75) is 19.4 Å². The zero-order chi connectivity index (χ0) is 12.3. The SMILES string of the molecule is Nc1cc(CN2CCC(CO)CC2)ccc1Cl. The Labute approximate surface area is 107 Å². The second-order valence-corrected chi connectivity index (χ2v) is 5.17. The average Bonchev–Trinajstić information content (AvgIpc) is 2.35. The van der Waals surface area contributed by atoms with Gasteiger partial charge in [0.2, 0.25) is 0 Å². The van der Waals surface area contributed by atoms with Gasteiger partial charge >= 0.3 is 0 Å². The highest BCUT2D eigenvalue weighted by Gasteiger charge is 2.18. The topological polar surface area (TPSA) is 49.5 Å². The van der Waals surface area contributed by atoms with Crippen molar-refractivity contribution in [1.82, 2.24) is 4.90 Å². The quantitative estimate of drug-likeness (QED) is 0.813. The van der Waals surface area contributed by atoms with Crippen molar-refractivity contribution in [3.63, 3.8) is 0 Å². The minimum Gasteiger partial charge on any atom is -0.398 e. The first kappa shape index (κ1) is 12.7. The van der Waals surface area contributed by atoms with Gasteiger partial charge in [-0.2, -0.15) is 0 Å². The fraction of sp³-hybridized carbons (Fsp3) is 0.538. The van der Waals surface area contributed by atoms with E-state index in [0.717, 1.165) is 32.5 Å². The number of aliphatic hydroxyl groups excluding tert-OH is 1. The first-order chi connectivity index (χ1) is 8.19. The van der Waals surface area contributed by atoms with Crippen LogP contribution in [0.5, 0.6) is 0 Å². The molecule has 0 atom stereocenters. The second kappa shape index (κ2) is 5.71. The molecule has 4 heteroatoms. The van der Waals surface area contributed by atoms with E-state index in [4.69, 9.17) is 22.4 Å². The Hall–Kier alpha value is -0.770. The molecule has 2 rings (SSSR count). The van der Waals surface area contributed by atoms with Gasteiger partial charge in [0, 0.05) is 13.2 Å². The van der Waals surface area contributed by atoms with Crippen LogP contribution in [0.15, 0.2) is 18.2 Å². The van der Waals surface area contributed by atoms with E-state index in [1.54, 1.807) is 0 Å². The van der Waals surface area contributed by atoms with Gasteiger partial charge in [0.1, 0.15) is 0 Å². The van der Waals surface area contributed by atoms with Crippen LogP contribution in [0, 0.1) is 5.92 Å². The lowest BCUT2D eigenvalue weighted by Crippen LogP contribution is -2.34. The summed E-state index contributed by atoms with van der Waals surface area (Å²) in [6.07, 6.45) is 2.17. The zero-order valence-electron chi connectivity index (χ0n) is 9.90. The zero-order valence-corrected chi connectivity index (χ0v) is 10.7. The molecule has 0 bridgehead atoms. The molecule has 94 valence electrons. The molecular weight excluding hydrogens is 236 g/mol. The molecule has 1 aliphatic heterocycles. The Kier molecular flexibility index (Phi) is 4.26. The van der Waals surface area contributed by atoms with Gasteiger partial charge in [0.05, 0.1) is 10.7 Å². The Morgan fingerprint density at radius 2 is 2.06 bits per heavy atom. The molecule has 1 aromatic carbocycles. The van der Waals surface area contributed by atoms with Gasteiger partial charge in [-0.3, -0.25) is 4.90 Å². The number of hydrogen-bond acceptors (Lipinski definition) is 3. The molecule has 1 aromatic rings. The number of rotatable bonds is 3. The number of aliphatic hydroxyl groups is 1. The van der Waals surface area contributed by atoms with Crippen molar-refractivity contribution in [1.29, 1.82) is 0 Å². The van der Waals surface area contributed by atoms with Crippen molar-refractivity contribution in [2.24, 2.45) is 5.92 Å². The smallest absolute Gasteiger partial charge is 0.0635 e. The molecule has 3 N–H and O–H groups in total. The predicted octanol–water partition coefficient (Wildman–Crippen LogP) is 2.13. The number of likely N-dealkylation sites (tertiary alicyclic amines) is 1. The summed E-state index contributed by atoms with van der Waals surface area (Å²) in [6, 6.07) is 5.82. The summed E-state index contributed by atoms with van der Waals surface area (Å²) in [5.41, 5.74) is 7.64. The number of benzene rings is 1. The lowest BCUT2D eigenvalue weighted by Gasteiger charge is -2.31. The van der Waals surface area contributed by atoms with Crippen molar-refractivity contribution in [2.75, 3.05) is 25.4 Å². The molecule has 1 fully saturated rings. The maximum Gasteiger partial charge on any atom is 0.0635 e. The van der Waals surface area contributed by atoms with Gasteiger partial charge in [-0.15, -0.1) is 0 Å². The fourth-order valence-electron chi connectivity index (χ4n) is 2.28. The molecule has 0 aliphatic carbocycles. The maximum atomic E-state index is 9.08. The van der Waals surface area contributed by atoms with Crippen molar-refractivity contribution >= 4 is 17.3 Å². The van der Waals surface area contributed by atoms with E-state index in [2.05, 4.69) is 4.90 Å². The summed E-state index contributed by atoms with van der Waals surface area (Å²) in [5, 5.41) is 9.70. The average molecular weight is 255 g/mol. The molecule has 1 aliphatic rings. The highest BCUT2D eigenvalue weighted by Crippen LogP contribution is 2.22. The third-order valence-electron chi connectivity index (χ3n) is 3.43. The monoisotopic (exact) mass is 254 g/mol. The number of halogens is 1. The normalized spacial score (nSPS) is 18.5. The van der Waals surface area contributed by atoms with Crippen LogP contribution in [0.25, 0.3) is 0 Å². The fourth-order valence-corrected chi connectivity index (χ4v) is 2.39. The lowest BCUT2D eigenvalue weighted by atomic mass is 9.97. The number of nitrogens with zero attached hydrogens (tertiary/aromatic N) is 1. The van der Waals surface area contributed by atoms with Crippen LogP contribution >= 0.6 is 11.6 Å². The first-order valence-corrected chi connectivity index (χ1v) is 6.44. The number of nitrogen functional groups attached to an aromatic ring is 1. The molecule has 0 aromatic heterocycles. The summed E-state index contributed by atoms with van der Waals surface area (Å²) >= 11 is 5.89. The molecular formula is C13H19ClN2O. The van der Waals surface area contributed by atoms with Crippen molar-refractivity contribution in [3.8, 4) is 0 Å². The Morgan fingerprint density at radius 1 is 1.35 bits per heavy atom. The lowest BCUT2D eigenvalue weighted by molar-refractivity contribution is 0.127. The number of anilines is 1. The number of hydrogen-bond donors (Lipinski definition) is 2. The molecule has 0 radical (unpaired) electrons.